The first-order chi connectivity index (χ1) is 18.4. The second-order valence-electron chi connectivity index (χ2n) is 12.2. The van der Waals surface area contributed by atoms with Crippen LogP contribution in [0.2, 0.25) is 10.1 Å². The minimum atomic E-state index is -2.73. The van der Waals surface area contributed by atoms with Gasteiger partial charge in [-0.1, -0.05) is 59.7 Å². The number of rotatable bonds is 5. The van der Waals surface area contributed by atoms with Crippen molar-refractivity contribution in [3.63, 3.8) is 0 Å². The van der Waals surface area contributed by atoms with E-state index in [4.69, 9.17) is 18.3 Å². The third-order valence-electron chi connectivity index (χ3n) is 7.74. The van der Waals surface area contributed by atoms with Crippen LogP contribution in [-0.4, -0.2) is 72.6 Å². The van der Waals surface area contributed by atoms with Gasteiger partial charge in [-0.15, -0.1) is 0 Å². The van der Waals surface area contributed by atoms with Gasteiger partial charge in [-0.25, -0.2) is 15.0 Å². The molecule has 4 heterocycles. The van der Waals surface area contributed by atoms with E-state index in [1.807, 2.05) is 29.7 Å². The van der Waals surface area contributed by atoms with E-state index in [-0.39, 0.29) is 28.2 Å². The van der Waals surface area contributed by atoms with Gasteiger partial charge in [-0.05, 0) is 19.1 Å². The maximum Gasteiger partial charge on any atom is 0.349 e. The van der Waals surface area contributed by atoms with Gasteiger partial charge < -0.3 is 18.3 Å². The fourth-order valence-electron chi connectivity index (χ4n) is 6.15. The molecule has 2 fully saturated rings. The molecule has 39 heavy (non-hydrogen) atoms. The van der Waals surface area contributed by atoms with E-state index in [9.17, 15) is 4.79 Å². The minimum Gasteiger partial charge on any atom is -0.391 e. The molecule has 2 aliphatic rings. The highest BCUT2D eigenvalue weighted by molar-refractivity contribution is 6.73. The molecule has 1 aromatic carbocycles. The highest BCUT2D eigenvalue weighted by Gasteiger charge is 2.65. The average Bonchev–Trinajstić information content (AvgIpc) is 3.49. The summed E-state index contributed by atoms with van der Waals surface area (Å²) in [6.45, 7) is 15.9. The summed E-state index contributed by atoms with van der Waals surface area (Å²) >= 11 is 0. The van der Waals surface area contributed by atoms with E-state index in [0.717, 1.165) is 0 Å². The van der Waals surface area contributed by atoms with E-state index in [2.05, 4.69) is 56.5 Å². The van der Waals surface area contributed by atoms with Crippen molar-refractivity contribution in [1.29, 1.82) is 0 Å². The topological polar surface area (TPSA) is 101 Å². The van der Waals surface area contributed by atoms with Crippen molar-refractivity contribution in [1.82, 2.24) is 19.5 Å². The molecular weight excluding hydrogens is 514 g/mol. The molecular formula is C28H39N5O5Si. The third kappa shape index (κ3) is 4.50. The first kappa shape index (κ1) is 27.8. The number of aromatic nitrogens is 4. The number of fused-ring (bicyclic) bond motifs is 2. The molecule has 0 bridgehead atoms. The van der Waals surface area contributed by atoms with Gasteiger partial charge in [-0.2, -0.15) is 0 Å². The Labute approximate surface area is 230 Å². The summed E-state index contributed by atoms with van der Waals surface area (Å²) in [4.78, 5) is 28.6. The zero-order chi connectivity index (χ0) is 28.2. The van der Waals surface area contributed by atoms with Crippen LogP contribution in [0, 0.1) is 0 Å². The number of hydrogen-bond acceptors (Lipinski definition) is 8. The lowest BCUT2D eigenvalue weighted by molar-refractivity contribution is -0.0797. The fraction of sp³-hybridized carbons (Fsp3) is 0.571. The Balaban J connectivity index is 1.50. The molecule has 1 amide bonds. The molecule has 3 aromatic rings. The zero-order valence-electron chi connectivity index (χ0n) is 24.0. The van der Waals surface area contributed by atoms with E-state index in [0.29, 0.717) is 35.7 Å². The number of carbonyl (C=O) groups excluding carboxylic acids is 1. The summed E-state index contributed by atoms with van der Waals surface area (Å²) in [6, 6.07) is 9.15. The highest BCUT2D eigenvalue weighted by Crippen LogP contribution is 2.56. The van der Waals surface area contributed by atoms with Crippen LogP contribution in [0.4, 0.5) is 5.82 Å². The van der Waals surface area contributed by atoms with Crippen molar-refractivity contribution < 1.29 is 23.1 Å². The van der Waals surface area contributed by atoms with Gasteiger partial charge in [0.15, 0.2) is 23.2 Å². The number of benzene rings is 1. The van der Waals surface area contributed by atoms with Crippen LogP contribution in [0.25, 0.3) is 11.2 Å². The molecule has 0 N–H and O–H groups in total. The lowest BCUT2D eigenvalue weighted by atomic mass is 10.1. The van der Waals surface area contributed by atoms with Crippen LogP contribution in [0.15, 0.2) is 43.0 Å². The van der Waals surface area contributed by atoms with Crippen molar-refractivity contribution in [2.45, 2.75) is 83.1 Å². The van der Waals surface area contributed by atoms with Gasteiger partial charge in [0, 0.05) is 29.3 Å². The van der Waals surface area contributed by atoms with Crippen molar-refractivity contribution in [2.24, 2.45) is 0 Å². The van der Waals surface area contributed by atoms with Crippen molar-refractivity contribution in [3.8, 4) is 0 Å². The molecule has 2 aliphatic heterocycles. The Morgan fingerprint density at radius 1 is 1.10 bits per heavy atom. The van der Waals surface area contributed by atoms with Crippen LogP contribution < -0.4 is 4.90 Å². The van der Waals surface area contributed by atoms with E-state index in [1.165, 1.54) is 6.33 Å². The van der Waals surface area contributed by atoms with Gasteiger partial charge in [0.05, 0.1) is 12.9 Å². The van der Waals surface area contributed by atoms with Crippen molar-refractivity contribution in [3.05, 3.63) is 48.5 Å². The minimum absolute atomic E-state index is 0.151. The number of imidazole rings is 1. The number of hydrogen-bond donors (Lipinski definition) is 0. The Kier molecular flexibility index (Phi) is 7.17. The second-order valence-corrected chi connectivity index (χ2v) is 17.0. The van der Waals surface area contributed by atoms with Gasteiger partial charge in [-0.3, -0.25) is 14.3 Å². The molecule has 0 saturated carbocycles. The lowest BCUT2D eigenvalue weighted by Crippen LogP contribution is -2.65. The average molecular weight is 554 g/mol. The predicted molar refractivity (Wildman–Crippen MR) is 150 cm³/mol. The summed E-state index contributed by atoms with van der Waals surface area (Å²) in [5.41, 5.74) is 1.65. The molecule has 0 aliphatic carbocycles. The van der Waals surface area contributed by atoms with E-state index >= 15 is 0 Å². The standard InChI is InChI=1S/C28H39N5O5Si/c1-9-32(25(34)18-13-11-10-12-14-18)23-20-24(30-16-29-23)33(17-31-20)26-22(35-8)21-19(37-26)15-36-39(38-21,27(2,3)4)28(5,6)7/h10-14,16-17,19,21-22,26H,9,15H2,1-8H3/t19-,21+,22-,26-/m1/s1. The number of carbonyl (C=O) groups is 1. The van der Waals surface area contributed by atoms with Crippen LogP contribution in [0.5, 0.6) is 0 Å². The molecule has 210 valence electrons. The largest absolute Gasteiger partial charge is 0.391 e. The summed E-state index contributed by atoms with van der Waals surface area (Å²) in [6.07, 6.45) is 1.60. The third-order valence-corrected chi connectivity index (χ3v) is 12.9. The molecule has 0 radical (unpaired) electrons. The lowest BCUT2D eigenvalue weighted by Gasteiger charge is -2.53. The molecule has 10 nitrogen and oxygen atoms in total. The number of methoxy groups -OCH3 is 1. The van der Waals surface area contributed by atoms with Gasteiger partial charge >= 0.3 is 8.56 Å². The quantitative estimate of drug-likeness (QED) is 0.413. The van der Waals surface area contributed by atoms with Gasteiger partial charge in [0.25, 0.3) is 5.91 Å². The first-order valence-corrected chi connectivity index (χ1v) is 15.3. The van der Waals surface area contributed by atoms with Crippen molar-refractivity contribution >= 4 is 31.4 Å². The SMILES string of the molecule is CCN(C(=O)c1ccccc1)c1ncnc2c1ncn2[C@@H]1O[C@@H]2CO[Si](C(C)(C)C)(C(C)(C)C)O[C@@H]2[C@H]1OC. The fourth-order valence-corrected chi connectivity index (χ4v) is 11.1. The Morgan fingerprint density at radius 3 is 2.41 bits per heavy atom. The second kappa shape index (κ2) is 10.0. The summed E-state index contributed by atoms with van der Waals surface area (Å²) in [5, 5.41) is -0.323. The predicted octanol–water partition coefficient (Wildman–Crippen LogP) is 4.86. The Morgan fingerprint density at radius 2 is 1.79 bits per heavy atom. The molecule has 4 atom stereocenters. The highest BCUT2D eigenvalue weighted by atomic mass is 28.4. The maximum atomic E-state index is 13.3. The number of nitrogens with zero attached hydrogens (tertiary/aromatic N) is 5. The maximum absolute atomic E-state index is 13.3. The monoisotopic (exact) mass is 553 g/mol. The number of ether oxygens (including phenoxy) is 2. The Bertz CT molecular complexity index is 1320. The van der Waals surface area contributed by atoms with Crippen LogP contribution in [-0.2, 0) is 18.3 Å². The van der Waals surface area contributed by atoms with Gasteiger partial charge in [0.2, 0.25) is 0 Å². The summed E-state index contributed by atoms with van der Waals surface area (Å²) in [5.74, 6) is 0.299. The normalized spacial score (nSPS) is 25.0. The zero-order valence-corrected chi connectivity index (χ0v) is 25.0. The number of amides is 1. The summed E-state index contributed by atoms with van der Waals surface area (Å²) in [7, 11) is -1.05. The van der Waals surface area contributed by atoms with E-state index in [1.54, 1.807) is 30.5 Å². The molecule has 2 aromatic heterocycles. The number of anilines is 1. The first-order valence-electron chi connectivity index (χ1n) is 13.5. The molecule has 0 unspecified atom stereocenters. The van der Waals surface area contributed by atoms with Crippen LogP contribution in [0.1, 0.15) is 65.1 Å². The van der Waals surface area contributed by atoms with Crippen LogP contribution >= 0.6 is 0 Å². The smallest absolute Gasteiger partial charge is 0.349 e. The summed E-state index contributed by atoms with van der Waals surface area (Å²) < 4.78 is 28.0. The molecule has 5 rings (SSSR count). The molecule has 0 spiro atoms. The van der Waals surface area contributed by atoms with Crippen molar-refractivity contribution in [2.75, 3.05) is 25.2 Å². The molecule has 2 saturated heterocycles. The van der Waals surface area contributed by atoms with Gasteiger partial charge in [0.1, 0.15) is 24.6 Å². The Hall–Kier alpha value is -2.70. The van der Waals surface area contributed by atoms with E-state index < -0.39 is 20.9 Å². The molecule has 11 heteroatoms. The van der Waals surface area contributed by atoms with Crippen LogP contribution in [0.3, 0.4) is 0 Å².